The molecule has 1 aliphatic heterocycles. The standard InChI is InChI=1S/C8H15N3O2S/c1-5(7(12)9-2)11-8(13)6-3-14-4-10-6/h5-6,10H,3-4H2,1-2H3,(H,9,12)(H,11,13)/t5?,6-/m1/s1. The number of amides is 2. The Bertz CT molecular complexity index is 229. The number of carbonyl (C=O) groups is 2. The Labute approximate surface area is 87.4 Å². The van der Waals surface area contributed by atoms with Crippen LogP contribution in [-0.2, 0) is 9.59 Å². The van der Waals surface area contributed by atoms with Crippen LogP contribution in [0.25, 0.3) is 0 Å². The molecule has 0 saturated carbocycles. The van der Waals surface area contributed by atoms with E-state index in [2.05, 4.69) is 16.0 Å². The second kappa shape index (κ2) is 5.21. The van der Waals surface area contributed by atoms with Crippen molar-refractivity contribution < 1.29 is 9.59 Å². The van der Waals surface area contributed by atoms with E-state index in [-0.39, 0.29) is 17.9 Å². The molecule has 2 amide bonds. The third kappa shape index (κ3) is 2.88. The highest BCUT2D eigenvalue weighted by molar-refractivity contribution is 7.99. The monoisotopic (exact) mass is 217 g/mol. The first-order valence-electron chi connectivity index (χ1n) is 4.48. The summed E-state index contributed by atoms with van der Waals surface area (Å²) in [5.41, 5.74) is 0. The molecule has 0 radical (unpaired) electrons. The third-order valence-corrected chi connectivity index (χ3v) is 2.97. The highest BCUT2D eigenvalue weighted by atomic mass is 32.2. The molecule has 0 aromatic rings. The number of rotatable bonds is 3. The first-order valence-corrected chi connectivity index (χ1v) is 5.63. The number of hydrogen-bond acceptors (Lipinski definition) is 4. The highest BCUT2D eigenvalue weighted by Gasteiger charge is 2.24. The average Bonchev–Trinajstić information content (AvgIpc) is 2.69. The van der Waals surface area contributed by atoms with E-state index in [0.29, 0.717) is 0 Å². The molecular weight excluding hydrogens is 202 g/mol. The van der Waals surface area contributed by atoms with E-state index < -0.39 is 6.04 Å². The largest absolute Gasteiger partial charge is 0.357 e. The van der Waals surface area contributed by atoms with Crippen LogP contribution in [0.3, 0.4) is 0 Å². The molecule has 1 fully saturated rings. The Morgan fingerprint density at radius 2 is 2.29 bits per heavy atom. The molecule has 1 aliphatic rings. The summed E-state index contributed by atoms with van der Waals surface area (Å²) in [4.78, 5) is 22.6. The Morgan fingerprint density at radius 1 is 1.57 bits per heavy atom. The maximum Gasteiger partial charge on any atom is 0.242 e. The predicted molar refractivity (Wildman–Crippen MR) is 55.9 cm³/mol. The van der Waals surface area contributed by atoms with Crippen LogP contribution >= 0.6 is 11.8 Å². The maximum absolute atomic E-state index is 11.5. The van der Waals surface area contributed by atoms with E-state index in [0.717, 1.165) is 11.6 Å². The van der Waals surface area contributed by atoms with E-state index in [1.807, 2.05) is 0 Å². The van der Waals surface area contributed by atoms with E-state index in [9.17, 15) is 9.59 Å². The molecular formula is C8H15N3O2S. The molecule has 6 heteroatoms. The van der Waals surface area contributed by atoms with Crippen LogP contribution in [0.15, 0.2) is 0 Å². The van der Waals surface area contributed by atoms with Crippen LogP contribution in [-0.4, -0.2) is 42.6 Å². The van der Waals surface area contributed by atoms with Crippen molar-refractivity contribution in [3.8, 4) is 0 Å². The lowest BCUT2D eigenvalue weighted by atomic mass is 10.2. The summed E-state index contributed by atoms with van der Waals surface area (Å²) in [5.74, 6) is 1.29. The van der Waals surface area contributed by atoms with E-state index in [1.54, 1.807) is 25.7 Å². The molecule has 5 nitrogen and oxygen atoms in total. The van der Waals surface area contributed by atoms with Crippen LogP contribution in [0.4, 0.5) is 0 Å². The van der Waals surface area contributed by atoms with Gasteiger partial charge in [-0.3, -0.25) is 14.9 Å². The number of likely N-dealkylation sites (N-methyl/N-ethyl adjacent to an activating group) is 1. The van der Waals surface area contributed by atoms with E-state index >= 15 is 0 Å². The van der Waals surface area contributed by atoms with Crippen LogP contribution in [0.5, 0.6) is 0 Å². The van der Waals surface area contributed by atoms with Crippen molar-refractivity contribution in [3.05, 3.63) is 0 Å². The Balaban J connectivity index is 2.35. The SMILES string of the molecule is CNC(=O)C(C)NC(=O)[C@H]1CSCN1. The molecule has 3 N–H and O–H groups in total. The fourth-order valence-electron chi connectivity index (χ4n) is 1.16. The molecule has 1 unspecified atom stereocenters. The minimum absolute atomic E-state index is 0.105. The van der Waals surface area contributed by atoms with Crippen molar-refractivity contribution in [3.63, 3.8) is 0 Å². The van der Waals surface area contributed by atoms with Gasteiger partial charge in [0.25, 0.3) is 0 Å². The number of hydrogen-bond donors (Lipinski definition) is 3. The van der Waals surface area contributed by atoms with Crippen molar-refractivity contribution >= 4 is 23.6 Å². The first kappa shape index (κ1) is 11.3. The smallest absolute Gasteiger partial charge is 0.242 e. The predicted octanol–water partition coefficient (Wildman–Crippen LogP) is -1.10. The van der Waals surface area contributed by atoms with Crippen molar-refractivity contribution in [2.75, 3.05) is 18.7 Å². The molecule has 0 bridgehead atoms. The number of nitrogens with one attached hydrogen (secondary N) is 3. The summed E-state index contributed by atoms with van der Waals surface area (Å²) in [5, 5.41) is 8.16. The van der Waals surface area contributed by atoms with Gasteiger partial charge >= 0.3 is 0 Å². The summed E-state index contributed by atoms with van der Waals surface area (Å²) < 4.78 is 0. The molecule has 0 aromatic heterocycles. The summed E-state index contributed by atoms with van der Waals surface area (Å²) >= 11 is 1.68. The summed E-state index contributed by atoms with van der Waals surface area (Å²) in [7, 11) is 1.55. The van der Waals surface area contributed by atoms with Crippen molar-refractivity contribution in [2.45, 2.75) is 19.0 Å². The third-order valence-electron chi connectivity index (χ3n) is 2.03. The number of thioether (sulfide) groups is 1. The zero-order chi connectivity index (χ0) is 10.6. The zero-order valence-corrected chi connectivity index (χ0v) is 9.11. The normalized spacial score (nSPS) is 22.9. The minimum atomic E-state index is -0.472. The summed E-state index contributed by atoms with van der Waals surface area (Å²) in [6.45, 7) is 1.67. The molecule has 1 rings (SSSR count). The first-order chi connectivity index (χ1) is 6.65. The van der Waals surface area contributed by atoms with Gasteiger partial charge in [0.15, 0.2) is 0 Å². The number of carbonyl (C=O) groups excluding carboxylic acids is 2. The molecule has 80 valence electrons. The van der Waals surface area contributed by atoms with E-state index in [4.69, 9.17) is 0 Å². The van der Waals surface area contributed by atoms with Gasteiger partial charge < -0.3 is 10.6 Å². The second-order valence-electron chi connectivity index (χ2n) is 3.12. The topological polar surface area (TPSA) is 70.2 Å². The summed E-state index contributed by atoms with van der Waals surface area (Å²) in [6.07, 6.45) is 0. The van der Waals surface area contributed by atoms with Gasteiger partial charge in [0, 0.05) is 18.7 Å². The Morgan fingerprint density at radius 3 is 2.79 bits per heavy atom. The van der Waals surface area contributed by atoms with Crippen LogP contribution in [0.1, 0.15) is 6.92 Å². The van der Waals surface area contributed by atoms with Crippen molar-refractivity contribution in [2.24, 2.45) is 0 Å². The minimum Gasteiger partial charge on any atom is -0.357 e. The zero-order valence-electron chi connectivity index (χ0n) is 8.29. The van der Waals surface area contributed by atoms with Crippen molar-refractivity contribution in [1.29, 1.82) is 0 Å². The highest BCUT2D eigenvalue weighted by Crippen LogP contribution is 2.09. The average molecular weight is 217 g/mol. The van der Waals surface area contributed by atoms with Gasteiger partial charge in [0.1, 0.15) is 6.04 Å². The Hall–Kier alpha value is -0.750. The maximum atomic E-state index is 11.5. The Kier molecular flexibility index (Phi) is 4.21. The lowest BCUT2D eigenvalue weighted by Gasteiger charge is -2.15. The van der Waals surface area contributed by atoms with Crippen LogP contribution in [0.2, 0.25) is 0 Å². The van der Waals surface area contributed by atoms with Gasteiger partial charge in [0.2, 0.25) is 11.8 Å². The van der Waals surface area contributed by atoms with Crippen LogP contribution < -0.4 is 16.0 Å². The van der Waals surface area contributed by atoms with Gasteiger partial charge in [-0.05, 0) is 6.92 Å². The fourth-order valence-corrected chi connectivity index (χ4v) is 2.10. The molecule has 0 aromatic carbocycles. The molecule has 1 heterocycles. The lowest BCUT2D eigenvalue weighted by molar-refractivity contribution is -0.129. The lowest BCUT2D eigenvalue weighted by Crippen LogP contribution is -2.50. The molecule has 0 aliphatic carbocycles. The fraction of sp³-hybridized carbons (Fsp3) is 0.750. The van der Waals surface area contributed by atoms with Gasteiger partial charge in [-0.25, -0.2) is 0 Å². The van der Waals surface area contributed by atoms with Gasteiger partial charge in [-0.15, -0.1) is 11.8 Å². The van der Waals surface area contributed by atoms with E-state index in [1.165, 1.54) is 0 Å². The second-order valence-corrected chi connectivity index (χ2v) is 4.15. The quantitative estimate of drug-likeness (QED) is 0.561. The summed E-state index contributed by atoms with van der Waals surface area (Å²) in [6, 6.07) is -0.632. The molecule has 1 saturated heterocycles. The van der Waals surface area contributed by atoms with Crippen molar-refractivity contribution in [1.82, 2.24) is 16.0 Å². The van der Waals surface area contributed by atoms with Gasteiger partial charge in [-0.2, -0.15) is 0 Å². The molecule has 14 heavy (non-hydrogen) atoms. The molecule has 0 spiro atoms. The van der Waals surface area contributed by atoms with Gasteiger partial charge in [-0.1, -0.05) is 0 Å². The van der Waals surface area contributed by atoms with Gasteiger partial charge in [0.05, 0.1) is 6.04 Å². The van der Waals surface area contributed by atoms with Crippen LogP contribution in [0, 0.1) is 0 Å². The molecule has 2 atom stereocenters.